The van der Waals surface area contributed by atoms with Crippen LogP contribution in [0.2, 0.25) is 0 Å². The number of nitrogens with zero attached hydrogens (tertiary/aromatic N) is 1. The van der Waals surface area contributed by atoms with Crippen LogP contribution in [0.1, 0.15) is 50.5 Å². The van der Waals surface area contributed by atoms with E-state index in [4.69, 9.17) is 4.74 Å². The lowest BCUT2D eigenvalue weighted by Crippen LogP contribution is -2.27. The maximum atomic E-state index is 5.50. The first-order valence-corrected chi connectivity index (χ1v) is 9.58. The molecular weight excluding hydrogens is 304 g/mol. The van der Waals surface area contributed by atoms with Gasteiger partial charge in [-0.25, -0.2) is 4.98 Å². The van der Waals surface area contributed by atoms with E-state index in [1.807, 2.05) is 25.3 Å². The van der Waals surface area contributed by atoms with Crippen molar-refractivity contribution in [2.75, 3.05) is 6.61 Å². The monoisotopic (exact) mass is 330 g/mol. The van der Waals surface area contributed by atoms with Gasteiger partial charge < -0.3 is 10.1 Å². The maximum absolute atomic E-state index is 5.50. The standard InChI is InChI=1S/C19H26N2OS/c1-2-22-17-11-9-15(10-12-17)18-13-21-19(23-18)14-20-16-7-5-3-4-6-8-16/h9-13,16,20H,2-8,14H2,1H3. The van der Waals surface area contributed by atoms with Gasteiger partial charge in [-0.05, 0) is 49.6 Å². The molecule has 0 unspecified atom stereocenters. The van der Waals surface area contributed by atoms with Gasteiger partial charge in [-0.2, -0.15) is 0 Å². The normalized spacial score (nSPS) is 16.2. The van der Waals surface area contributed by atoms with Crippen molar-refractivity contribution in [2.45, 2.75) is 58.0 Å². The first-order chi connectivity index (χ1) is 11.3. The molecule has 1 aromatic carbocycles. The smallest absolute Gasteiger partial charge is 0.119 e. The van der Waals surface area contributed by atoms with E-state index in [1.165, 1.54) is 54.0 Å². The summed E-state index contributed by atoms with van der Waals surface area (Å²) in [5.74, 6) is 0.927. The maximum Gasteiger partial charge on any atom is 0.119 e. The molecule has 2 aromatic rings. The van der Waals surface area contributed by atoms with Gasteiger partial charge in [0, 0.05) is 18.8 Å². The Bertz CT molecular complexity index is 586. The molecule has 0 aliphatic heterocycles. The Labute approximate surface area is 143 Å². The second kappa shape index (κ2) is 8.46. The summed E-state index contributed by atoms with van der Waals surface area (Å²) in [6.45, 7) is 3.61. The minimum absolute atomic E-state index is 0.676. The molecule has 1 aliphatic rings. The summed E-state index contributed by atoms with van der Waals surface area (Å²) < 4.78 is 5.50. The van der Waals surface area contributed by atoms with Crippen LogP contribution in [0.5, 0.6) is 5.75 Å². The van der Waals surface area contributed by atoms with Crippen molar-refractivity contribution in [3.63, 3.8) is 0 Å². The predicted octanol–water partition coefficient (Wildman–Crippen LogP) is 5.02. The van der Waals surface area contributed by atoms with Crippen LogP contribution in [0.3, 0.4) is 0 Å². The fourth-order valence-electron chi connectivity index (χ4n) is 3.12. The van der Waals surface area contributed by atoms with E-state index in [9.17, 15) is 0 Å². The van der Waals surface area contributed by atoms with Crippen molar-refractivity contribution in [1.82, 2.24) is 10.3 Å². The Hall–Kier alpha value is -1.39. The van der Waals surface area contributed by atoms with Gasteiger partial charge in [0.05, 0.1) is 11.5 Å². The number of thiazole rings is 1. The number of rotatable bonds is 6. The summed E-state index contributed by atoms with van der Waals surface area (Å²) in [6.07, 6.45) is 10.2. The van der Waals surface area contributed by atoms with Crippen LogP contribution in [-0.2, 0) is 6.54 Å². The Morgan fingerprint density at radius 3 is 2.57 bits per heavy atom. The first kappa shape index (κ1) is 16.5. The lowest BCUT2D eigenvalue weighted by Gasteiger charge is -2.14. The van der Waals surface area contributed by atoms with Gasteiger partial charge in [-0.15, -0.1) is 11.3 Å². The SMILES string of the molecule is CCOc1ccc(-c2cnc(CNC3CCCCCC3)s2)cc1. The second-order valence-corrected chi connectivity index (χ2v) is 7.26. The van der Waals surface area contributed by atoms with Gasteiger partial charge in [0.25, 0.3) is 0 Å². The zero-order valence-corrected chi connectivity index (χ0v) is 14.7. The highest BCUT2D eigenvalue weighted by atomic mass is 32.1. The van der Waals surface area contributed by atoms with Crippen molar-refractivity contribution in [1.29, 1.82) is 0 Å². The molecule has 0 radical (unpaired) electrons. The van der Waals surface area contributed by atoms with Crippen LogP contribution < -0.4 is 10.1 Å². The molecule has 0 amide bonds. The molecule has 1 fully saturated rings. The lowest BCUT2D eigenvalue weighted by atomic mass is 10.1. The molecule has 1 aliphatic carbocycles. The van der Waals surface area contributed by atoms with Gasteiger partial charge >= 0.3 is 0 Å². The molecule has 124 valence electrons. The summed E-state index contributed by atoms with van der Waals surface area (Å²) in [5, 5.41) is 4.88. The zero-order valence-electron chi connectivity index (χ0n) is 13.9. The topological polar surface area (TPSA) is 34.1 Å². The third-order valence-corrected chi connectivity index (χ3v) is 5.45. The molecule has 0 bridgehead atoms. The van der Waals surface area contributed by atoms with Crippen molar-refractivity contribution < 1.29 is 4.74 Å². The van der Waals surface area contributed by atoms with Crippen molar-refractivity contribution in [3.05, 3.63) is 35.5 Å². The van der Waals surface area contributed by atoms with Gasteiger partial charge in [-0.1, -0.05) is 25.7 Å². The highest BCUT2D eigenvalue weighted by Gasteiger charge is 2.12. The highest BCUT2D eigenvalue weighted by Crippen LogP contribution is 2.28. The summed E-state index contributed by atoms with van der Waals surface area (Å²) in [7, 11) is 0. The summed E-state index contributed by atoms with van der Waals surface area (Å²) in [4.78, 5) is 5.81. The van der Waals surface area contributed by atoms with Gasteiger partial charge in [0.1, 0.15) is 10.8 Å². The molecule has 3 rings (SSSR count). The quantitative estimate of drug-likeness (QED) is 0.755. The highest BCUT2D eigenvalue weighted by molar-refractivity contribution is 7.15. The van der Waals surface area contributed by atoms with Crippen molar-refractivity contribution in [3.8, 4) is 16.2 Å². The van der Waals surface area contributed by atoms with E-state index in [-0.39, 0.29) is 0 Å². The number of hydrogen-bond donors (Lipinski definition) is 1. The van der Waals surface area contributed by atoms with Crippen molar-refractivity contribution in [2.24, 2.45) is 0 Å². The largest absolute Gasteiger partial charge is 0.494 e. The minimum Gasteiger partial charge on any atom is -0.494 e. The Morgan fingerprint density at radius 1 is 1.13 bits per heavy atom. The number of ether oxygens (including phenoxy) is 1. The molecule has 3 nitrogen and oxygen atoms in total. The van der Waals surface area contributed by atoms with Gasteiger partial charge in [0.2, 0.25) is 0 Å². The summed E-state index contributed by atoms with van der Waals surface area (Å²) >= 11 is 1.78. The van der Waals surface area contributed by atoms with E-state index in [0.29, 0.717) is 12.6 Å². The molecule has 1 heterocycles. The molecular formula is C19H26N2OS. The third kappa shape index (κ3) is 4.79. The van der Waals surface area contributed by atoms with Crippen LogP contribution in [0.25, 0.3) is 10.4 Å². The number of benzene rings is 1. The van der Waals surface area contributed by atoms with E-state index < -0.39 is 0 Å². The zero-order chi connectivity index (χ0) is 15.9. The van der Waals surface area contributed by atoms with E-state index in [2.05, 4.69) is 22.4 Å². The Kier molecular flexibility index (Phi) is 6.06. The predicted molar refractivity (Wildman–Crippen MR) is 97.0 cm³/mol. The van der Waals surface area contributed by atoms with Crippen LogP contribution in [0.15, 0.2) is 30.5 Å². The van der Waals surface area contributed by atoms with E-state index >= 15 is 0 Å². The summed E-state index contributed by atoms with van der Waals surface area (Å²) in [6, 6.07) is 8.96. The molecule has 0 atom stereocenters. The van der Waals surface area contributed by atoms with Crippen molar-refractivity contribution >= 4 is 11.3 Å². The molecule has 0 saturated heterocycles. The Balaban J connectivity index is 1.56. The fourth-order valence-corrected chi connectivity index (χ4v) is 4.00. The molecule has 4 heteroatoms. The van der Waals surface area contributed by atoms with Crippen LogP contribution in [0.4, 0.5) is 0 Å². The molecule has 1 N–H and O–H groups in total. The lowest BCUT2D eigenvalue weighted by molar-refractivity contribution is 0.340. The van der Waals surface area contributed by atoms with Gasteiger partial charge in [0.15, 0.2) is 0 Å². The van der Waals surface area contributed by atoms with Crippen LogP contribution >= 0.6 is 11.3 Å². The molecule has 1 aromatic heterocycles. The van der Waals surface area contributed by atoms with E-state index in [1.54, 1.807) is 11.3 Å². The van der Waals surface area contributed by atoms with Gasteiger partial charge in [-0.3, -0.25) is 0 Å². The number of nitrogens with one attached hydrogen (secondary N) is 1. The first-order valence-electron chi connectivity index (χ1n) is 8.76. The number of aromatic nitrogens is 1. The molecule has 1 saturated carbocycles. The average molecular weight is 330 g/mol. The second-order valence-electron chi connectivity index (χ2n) is 6.15. The molecule has 23 heavy (non-hydrogen) atoms. The fraction of sp³-hybridized carbons (Fsp3) is 0.526. The molecule has 0 spiro atoms. The average Bonchev–Trinajstić information content (AvgIpc) is 2.89. The Morgan fingerprint density at radius 2 is 1.87 bits per heavy atom. The van der Waals surface area contributed by atoms with Crippen LogP contribution in [-0.4, -0.2) is 17.6 Å². The third-order valence-electron chi connectivity index (χ3n) is 4.40. The minimum atomic E-state index is 0.676. The summed E-state index contributed by atoms with van der Waals surface area (Å²) in [5.41, 5.74) is 1.21. The van der Waals surface area contributed by atoms with Crippen LogP contribution in [0, 0.1) is 0 Å². The number of hydrogen-bond acceptors (Lipinski definition) is 4. The van der Waals surface area contributed by atoms with E-state index in [0.717, 1.165) is 12.3 Å².